The number of hydrogen-bond donors (Lipinski definition) is 1. The average Bonchev–Trinajstić information content (AvgIpc) is 3.21. The normalized spacial score (nSPS) is 21.6. The van der Waals surface area contributed by atoms with Gasteiger partial charge in [-0.2, -0.15) is 0 Å². The molecule has 1 saturated heterocycles. The van der Waals surface area contributed by atoms with Crippen molar-refractivity contribution in [2.24, 2.45) is 11.3 Å². The number of likely N-dealkylation sites (tertiary alicyclic amines) is 1. The van der Waals surface area contributed by atoms with Gasteiger partial charge in [0.2, 0.25) is 5.91 Å². The van der Waals surface area contributed by atoms with Crippen molar-refractivity contribution in [1.82, 2.24) is 9.47 Å². The number of carbonyl (C=O) groups excluding carboxylic acids is 1. The van der Waals surface area contributed by atoms with E-state index in [9.17, 15) is 14.7 Å². The molecule has 5 nitrogen and oxygen atoms in total. The average molecular weight is 340 g/mol. The highest BCUT2D eigenvalue weighted by molar-refractivity contribution is 5.89. The number of hydrogen-bond acceptors (Lipinski definition) is 2. The quantitative estimate of drug-likeness (QED) is 0.931. The first-order chi connectivity index (χ1) is 12.0. The smallest absolute Gasteiger partial charge is 0.307 e. The lowest BCUT2D eigenvalue weighted by Gasteiger charge is -2.32. The maximum Gasteiger partial charge on any atom is 0.307 e. The third-order valence-corrected chi connectivity index (χ3v) is 6.15. The van der Waals surface area contributed by atoms with E-state index in [0.29, 0.717) is 19.5 Å². The van der Waals surface area contributed by atoms with Gasteiger partial charge in [-0.1, -0.05) is 18.2 Å². The van der Waals surface area contributed by atoms with Crippen molar-refractivity contribution < 1.29 is 14.7 Å². The Kier molecular flexibility index (Phi) is 3.82. The van der Waals surface area contributed by atoms with Crippen LogP contribution < -0.4 is 0 Å². The zero-order valence-electron chi connectivity index (χ0n) is 14.6. The second-order valence-corrected chi connectivity index (χ2v) is 7.47. The Morgan fingerprint density at radius 1 is 1.24 bits per heavy atom. The van der Waals surface area contributed by atoms with Crippen LogP contribution in [0.3, 0.4) is 0 Å². The molecule has 1 amide bonds. The van der Waals surface area contributed by atoms with Crippen LogP contribution in [0.5, 0.6) is 0 Å². The van der Waals surface area contributed by atoms with Gasteiger partial charge < -0.3 is 14.6 Å². The van der Waals surface area contributed by atoms with E-state index in [2.05, 4.69) is 29.8 Å². The van der Waals surface area contributed by atoms with Crippen molar-refractivity contribution in [2.45, 2.75) is 39.2 Å². The maximum absolute atomic E-state index is 12.8. The summed E-state index contributed by atoms with van der Waals surface area (Å²) in [5.41, 5.74) is 2.23. The lowest BCUT2D eigenvalue weighted by Crippen LogP contribution is -2.40. The van der Waals surface area contributed by atoms with E-state index in [4.69, 9.17) is 0 Å². The van der Waals surface area contributed by atoms with Gasteiger partial charge in [0.15, 0.2) is 0 Å². The molecule has 1 N–H and O–H groups in total. The zero-order valence-corrected chi connectivity index (χ0v) is 14.6. The van der Waals surface area contributed by atoms with Gasteiger partial charge in [-0.3, -0.25) is 9.59 Å². The number of carboxylic acids is 1. The Balaban J connectivity index is 1.44. The monoisotopic (exact) mass is 340 g/mol. The van der Waals surface area contributed by atoms with Crippen LogP contribution in [0.1, 0.15) is 31.7 Å². The molecule has 2 aromatic rings. The Bertz CT molecular complexity index is 831. The molecule has 2 fully saturated rings. The summed E-state index contributed by atoms with van der Waals surface area (Å²) in [6, 6.07) is 8.21. The summed E-state index contributed by atoms with van der Waals surface area (Å²) in [4.78, 5) is 25.8. The van der Waals surface area contributed by atoms with Crippen LogP contribution >= 0.6 is 0 Å². The van der Waals surface area contributed by atoms with Gasteiger partial charge in [0.25, 0.3) is 0 Å². The molecule has 4 rings (SSSR count). The number of aryl methyl sites for hydroxylation is 1. The topological polar surface area (TPSA) is 62.5 Å². The van der Waals surface area contributed by atoms with E-state index >= 15 is 0 Å². The van der Waals surface area contributed by atoms with E-state index in [0.717, 1.165) is 36.8 Å². The minimum absolute atomic E-state index is 0.0269. The molecule has 132 valence electrons. The van der Waals surface area contributed by atoms with E-state index in [1.54, 1.807) is 0 Å². The van der Waals surface area contributed by atoms with Crippen molar-refractivity contribution in [1.29, 1.82) is 0 Å². The predicted molar refractivity (Wildman–Crippen MR) is 95.3 cm³/mol. The van der Waals surface area contributed by atoms with Gasteiger partial charge in [-0.05, 0) is 43.2 Å². The van der Waals surface area contributed by atoms with Crippen LogP contribution in [0, 0.1) is 11.3 Å². The second kappa shape index (κ2) is 5.90. The Morgan fingerprint density at radius 3 is 2.60 bits per heavy atom. The lowest BCUT2D eigenvalue weighted by molar-refractivity contribution is -0.139. The van der Waals surface area contributed by atoms with Crippen molar-refractivity contribution >= 4 is 22.8 Å². The number of rotatable bonds is 4. The highest BCUT2D eigenvalue weighted by Crippen LogP contribution is 2.59. The summed E-state index contributed by atoms with van der Waals surface area (Å²) >= 11 is 0. The molecule has 1 aliphatic heterocycles. The SMILES string of the molecule is CCn1cc(CC(=O)N2CCC3(CC2)CC3C(=O)O)c2ccccc21. The van der Waals surface area contributed by atoms with Crippen molar-refractivity contribution in [3.8, 4) is 0 Å². The first kappa shape index (κ1) is 16.2. The van der Waals surface area contributed by atoms with Gasteiger partial charge in [0, 0.05) is 36.7 Å². The van der Waals surface area contributed by atoms with E-state index in [1.165, 1.54) is 5.52 Å². The van der Waals surface area contributed by atoms with Gasteiger partial charge in [0.1, 0.15) is 0 Å². The standard InChI is InChI=1S/C20H24N2O3/c1-2-21-13-14(15-5-3-4-6-17(15)21)11-18(23)22-9-7-20(8-10-22)12-16(20)19(24)25/h3-6,13,16H,2,7-12H2,1H3,(H,24,25). The predicted octanol–water partition coefficient (Wildman–Crippen LogP) is 2.92. The number of carboxylic acid groups (broad SMARTS) is 1. The number of aromatic nitrogens is 1. The number of benzene rings is 1. The molecule has 0 bridgehead atoms. The highest BCUT2D eigenvalue weighted by atomic mass is 16.4. The molecule has 1 unspecified atom stereocenters. The van der Waals surface area contributed by atoms with E-state index in [-0.39, 0.29) is 17.2 Å². The molecule has 25 heavy (non-hydrogen) atoms. The molecule has 5 heteroatoms. The van der Waals surface area contributed by atoms with Crippen molar-refractivity contribution in [2.75, 3.05) is 13.1 Å². The van der Waals surface area contributed by atoms with Crippen molar-refractivity contribution in [3.05, 3.63) is 36.0 Å². The van der Waals surface area contributed by atoms with Crippen LogP contribution in [0.15, 0.2) is 30.5 Å². The molecule has 1 atom stereocenters. The summed E-state index contributed by atoms with van der Waals surface area (Å²) in [6.45, 7) is 4.37. The first-order valence-electron chi connectivity index (χ1n) is 9.11. The fraction of sp³-hybridized carbons (Fsp3) is 0.500. The Hall–Kier alpha value is -2.30. The minimum atomic E-state index is -0.674. The number of para-hydroxylation sites is 1. The number of amides is 1. The third-order valence-electron chi connectivity index (χ3n) is 6.15. The van der Waals surface area contributed by atoms with E-state index < -0.39 is 5.97 Å². The van der Waals surface area contributed by atoms with Gasteiger partial charge >= 0.3 is 5.97 Å². The fourth-order valence-corrected chi connectivity index (χ4v) is 4.45. The molecule has 2 heterocycles. The number of carbonyl (C=O) groups is 2. The second-order valence-electron chi connectivity index (χ2n) is 7.47. The third kappa shape index (κ3) is 2.71. The summed E-state index contributed by atoms with van der Waals surface area (Å²) in [5.74, 6) is -0.708. The molecule has 0 radical (unpaired) electrons. The van der Waals surface area contributed by atoms with E-state index in [1.807, 2.05) is 17.0 Å². The van der Waals surface area contributed by atoms with Crippen LogP contribution in [0.4, 0.5) is 0 Å². The Labute approximate surface area is 147 Å². The Morgan fingerprint density at radius 2 is 1.96 bits per heavy atom. The van der Waals surface area contributed by atoms with Crippen molar-refractivity contribution in [3.63, 3.8) is 0 Å². The molecule has 1 aliphatic carbocycles. The lowest BCUT2D eigenvalue weighted by atomic mass is 9.90. The van der Waals surface area contributed by atoms with Gasteiger partial charge in [-0.15, -0.1) is 0 Å². The molecule has 1 aromatic heterocycles. The van der Waals surface area contributed by atoms with Crippen LogP contribution in [-0.2, 0) is 22.6 Å². The number of piperidine rings is 1. The van der Waals surface area contributed by atoms with Crippen LogP contribution in [0.25, 0.3) is 10.9 Å². The fourth-order valence-electron chi connectivity index (χ4n) is 4.45. The maximum atomic E-state index is 12.8. The van der Waals surface area contributed by atoms with Gasteiger partial charge in [-0.25, -0.2) is 0 Å². The molecule has 1 saturated carbocycles. The number of aliphatic carboxylic acids is 1. The summed E-state index contributed by atoms with van der Waals surface area (Å²) in [5, 5.41) is 10.3. The first-order valence-corrected chi connectivity index (χ1v) is 9.11. The molecule has 1 aromatic carbocycles. The number of fused-ring (bicyclic) bond motifs is 1. The zero-order chi connectivity index (χ0) is 17.6. The van der Waals surface area contributed by atoms with Gasteiger partial charge in [0.05, 0.1) is 12.3 Å². The molecular formula is C20H24N2O3. The summed E-state index contributed by atoms with van der Waals surface area (Å²) in [7, 11) is 0. The molecule has 1 spiro atoms. The number of nitrogens with zero attached hydrogens (tertiary/aromatic N) is 2. The molecular weight excluding hydrogens is 316 g/mol. The van der Waals surface area contributed by atoms with Crippen LogP contribution in [-0.4, -0.2) is 39.5 Å². The summed E-state index contributed by atoms with van der Waals surface area (Å²) < 4.78 is 2.19. The largest absolute Gasteiger partial charge is 0.481 e. The molecule has 2 aliphatic rings. The minimum Gasteiger partial charge on any atom is -0.481 e. The summed E-state index contributed by atoms with van der Waals surface area (Å²) in [6.07, 6.45) is 4.95. The highest BCUT2D eigenvalue weighted by Gasteiger charge is 2.59. The van der Waals surface area contributed by atoms with Crippen LogP contribution in [0.2, 0.25) is 0 Å².